The van der Waals surface area contributed by atoms with Crippen LogP contribution in [-0.4, -0.2) is 57.5 Å². The Kier molecular flexibility index (Phi) is 11.4. The van der Waals surface area contributed by atoms with Gasteiger partial charge in [0.15, 0.2) is 11.5 Å². The van der Waals surface area contributed by atoms with Crippen LogP contribution in [0.4, 0.5) is 5.69 Å². The molecule has 0 saturated carbocycles. The minimum Gasteiger partial charge on any atom is -0.486 e. The normalized spacial score (nSPS) is 13.0. The van der Waals surface area contributed by atoms with Gasteiger partial charge in [-0.25, -0.2) is 8.42 Å². The summed E-state index contributed by atoms with van der Waals surface area (Å²) in [6, 6.07) is 28.2. The highest BCUT2D eigenvalue weighted by Crippen LogP contribution is 2.36. The molecule has 4 aromatic rings. The van der Waals surface area contributed by atoms with E-state index in [1.54, 1.807) is 60.7 Å². The number of nitrogens with one attached hydrogen (secondary N) is 1. The second-order valence-corrected chi connectivity index (χ2v) is 13.4. The summed E-state index contributed by atoms with van der Waals surface area (Å²) in [6.07, 6.45) is 1.87. The third-order valence-corrected chi connectivity index (χ3v) is 9.98. The molecule has 9 nitrogen and oxygen atoms in total. The van der Waals surface area contributed by atoms with Crippen molar-refractivity contribution in [3.63, 3.8) is 0 Å². The molecule has 11 heteroatoms. The van der Waals surface area contributed by atoms with Crippen molar-refractivity contribution in [2.45, 2.75) is 43.7 Å². The van der Waals surface area contributed by atoms with E-state index >= 15 is 0 Å². The van der Waals surface area contributed by atoms with Gasteiger partial charge in [0.05, 0.1) is 10.6 Å². The lowest BCUT2D eigenvalue weighted by molar-refractivity contribution is -0.140. The van der Waals surface area contributed by atoms with Gasteiger partial charge in [0.2, 0.25) is 11.8 Å². The van der Waals surface area contributed by atoms with E-state index in [-0.39, 0.29) is 29.5 Å². The summed E-state index contributed by atoms with van der Waals surface area (Å²) >= 11 is 6.57. The number of fused-ring (bicyclic) bond motifs is 1. The summed E-state index contributed by atoms with van der Waals surface area (Å²) in [5.74, 6) is -0.0552. The van der Waals surface area contributed by atoms with E-state index in [0.717, 1.165) is 22.7 Å². The topological polar surface area (TPSA) is 105 Å². The van der Waals surface area contributed by atoms with Crippen LogP contribution in [0.3, 0.4) is 0 Å². The molecule has 0 bridgehead atoms. The fourth-order valence-electron chi connectivity index (χ4n) is 5.31. The van der Waals surface area contributed by atoms with E-state index in [0.29, 0.717) is 41.8 Å². The zero-order chi connectivity index (χ0) is 33.2. The lowest BCUT2D eigenvalue weighted by atomic mass is 10.0. The first-order chi connectivity index (χ1) is 22.8. The van der Waals surface area contributed by atoms with Crippen LogP contribution in [0.2, 0.25) is 5.02 Å². The smallest absolute Gasteiger partial charge is 0.264 e. The van der Waals surface area contributed by atoms with Gasteiger partial charge < -0.3 is 19.7 Å². The molecule has 5 rings (SSSR count). The SMILES string of the molecule is CCCCNC(=O)[C@@H](Cc1ccccc1)N(Cc1ccccc1Cl)C(=O)CN(c1ccc2c(c1)OCCO2)S(=O)(=O)c1ccccc1. The van der Waals surface area contributed by atoms with E-state index in [1.807, 2.05) is 37.3 Å². The fraction of sp³-hybridized carbons (Fsp3) is 0.278. The van der Waals surface area contributed by atoms with Gasteiger partial charge in [-0.15, -0.1) is 0 Å². The number of ether oxygens (including phenoxy) is 2. The second kappa shape index (κ2) is 15.8. The highest BCUT2D eigenvalue weighted by atomic mass is 35.5. The Morgan fingerprint density at radius 1 is 0.872 bits per heavy atom. The average molecular weight is 676 g/mol. The summed E-state index contributed by atoms with van der Waals surface area (Å²) in [5, 5.41) is 3.41. The number of amides is 2. The standard InChI is InChI=1S/C36H38ClN3O6S/c1-2-3-20-38-36(42)32(23-27-12-6-4-7-13-27)39(25-28-14-10-11-17-31(28)37)35(41)26-40(47(43,44)30-15-8-5-9-16-30)29-18-19-33-34(24-29)46-22-21-45-33/h4-19,24,32H,2-3,20-23,25-26H2,1H3,(H,38,42)/t32-/m1/s1. The number of rotatable bonds is 14. The maximum atomic E-state index is 14.6. The van der Waals surface area contributed by atoms with Crippen molar-refractivity contribution >= 4 is 39.1 Å². The molecule has 1 aliphatic rings. The molecule has 0 radical (unpaired) electrons. The average Bonchev–Trinajstić information content (AvgIpc) is 3.10. The summed E-state index contributed by atoms with van der Waals surface area (Å²) in [6.45, 7) is 2.55. The monoisotopic (exact) mass is 675 g/mol. The molecule has 4 aromatic carbocycles. The Balaban J connectivity index is 1.58. The summed E-state index contributed by atoms with van der Waals surface area (Å²) in [4.78, 5) is 29.9. The molecule has 0 spiro atoms. The van der Waals surface area contributed by atoms with Gasteiger partial charge in [-0.2, -0.15) is 0 Å². The van der Waals surface area contributed by atoms with Crippen molar-refractivity contribution in [3.05, 3.63) is 119 Å². The van der Waals surface area contributed by atoms with Gasteiger partial charge in [-0.1, -0.05) is 91.7 Å². The Labute approximate surface area is 281 Å². The largest absolute Gasteiger partial charge is 0.486 e. The van der Waals surface area contributed by atoms with Crippen molar-refractivity contribution in [1.82, 2.24) is 10.2 Å². The molecular weight excluding hydrogens is 638 g/mol. The minimum atomic E-state index is -4.25. The van der Waals surface area contributed by atoms with Crippen LogP contribution in [-0.2, 0) is 32.6 Å². The fourth-order valence-corrected chi connectivity index (χ4v) is 6.93. The van der Waals surface area contributed by atoms with Crippen LogP contribution < -0.4 is 19.1 Å². The number of hydrogen-bond donors (Lipinski definition) is 1. The molecule has 246 valence electrons. The molecule has 1 heterocycles. The van der Waals surface area contributed by atoms with E-state index in [4.69, 9.17) is 21.1 Å². The summed E-state index contributed by atoms with van der Waals surface area (Å²) < 4.78 is 40.9. The number of halogens is 1. The lowest BCUT2D eigenvalue weighted by Crippen LogP contribution is -2.53. The summed E-state index contributed by atoms with van der Waals surface area (Å²) in [7, 11) is -4.25. The zero-order valence-electron chi connectivity index (χ0n) is 26.2. The first kappa shape index (κ1) is 33.8. The number of carbonyl (C=O) groups is 2. The predicted molar refractivity (Wildman–Crippen MR) is 182 cm³/mol. The van der Waals surface area contributed by atoms with Gasteiger partial charge in [-0.3, -0.25) is 13.9 Å². The molecule has 1 aliphatic heterocycles. The highest BCUT2D eigenvalue weighted by Gasteiger charge is 2.35. The minimum absolute atomic E-state index is 0.0125. The Hall–Kier alpha value is -4.54. The molecule has 0 fully saturated rings. The number of hydrogen-bond acceptors (Lipinski definition) is 6. The number of unbranched alkanes of at least 4 members (excludes halogenated alkanes) is 1. The van der Waals surface area contributed by atoms with Crippen molar-refractivity contribution in [2.75, 3.05) is 30.6 Å². The summed E-state index contributed by atoms with van der Waals surface area (Å²) in [5.41, 5.74) is 1.69. The molecule has 1 N–H and O–H groups in total. The number of nitrogens with zero attached hydrogens (tertiary/aromatic N) is 2. The molecule has 1 atom stereocenters. The lowest BCUT2D eigenvalue weighted by Gasteiger charge is -2.34. The molecule has 0 saturated heterocycles. The van der Waals surface area contributed by atoms with Crippen molar-refractivity contribution in [1.29, 1.82) is 0 Å². The molecular formula is C36H38ClN3O6S. The maximum absolute atomic E-state index is 14.6. The van der Waals surface area contributed by atoms with Gasteiger partial charge in [0.25, 0.3) is 10.0 Å². The van der Waals surface area contributed by atoms with E-state index in [1.165, 1.54) is 17.0 Å². The zero-order valence-corrected chi connectivity index (χ0v) is 27.8. The second-order valence-electron chi connectivity index (χ2n) is 11.1. The van der Waals surface area contributed by atoms with Crippen molar-refractivity contribution in [2.24, 2.45) is 0 Å². The van der Waals surface area contributed by atoms with Gasteiger partial charge >= 0.3 is 0 Å². The van der Waals surface area contributed by atoms with Crippen LogP contribution in [0.1, 0.15) is 30.9 Å². The molecule has 0 aromatic heterocycles. The van der Waals surface area contributed by atoms with E-state index in [2.05, 4.69) is 5.32 Å². The van der Waals surface area contributed by atoms with Gasteiger partial charge in [-0.05, 0) is 47.9 Å². The first-order valence-electron chi connectivity index (χ1n) is 15.6. The molecule has 0 unspecified atom stereocenters. The van der Waals surface area contributed by atoms with Gasteiger partial charge in [0, 0.05) is 30.6 Å². The highest BCUT2D eigenvalue weighted by molar-refractivity contribution is 7.92. The Bertz CT molecular complexity index is 1770. The third-order valence-electron chi connectivity index (χ3n) is 7.82. The third kappa shape index (κ3) is 8.44. The van der Waals surface area contributed by atoms with Gasteiger partial charge in [0.1, 0.15) is 25.8 Å². The van der Waals surface area contributed by atoms with Crippen LogP contribution in [0.25, 0.3) is 0 Å². The Morgan fingerprint density at radius 3 is 2.23 bits per heavy atom. The quantitative estimate of drug-likeness (QED) is 0.168. The molecule has 0 aliphatic carbocycles. The van der Waals surface area contributed by atoms with Crippen LogP contribution in [0.15, 0.2) is 108 Å². The Morgan fingerprint density at radius 2 is 1.53 bits per heavy atom. The van der Waals surface area contributed by atoms with Crippen molar-refractivity contribution < 1.29 is 27.5 Å². The van der Waals surface area contributed by atoms with Crippen molar-refractivity contribution in [3.8, 4) is 11.5 Å². The number of carbonyl (C=O) groups excluding carboxylic acids is 2. The molecule has 2 amide bonds. The number of anilines is 1. The van der Waals surface area contributed by atoms with Crippen LogP contribution in [0.5, 0.6) is 11.5 Å². The van der Waals surface area contributed by atoms with E-state index in [9.17, 15) is 18.0 Å². The number of benzene rings is 4. The number of sulfonamides is 1. The molecule has 47 heavy (non-hydrogen) atoms. The van der Waals surface area contributed by atoms with E-state index < -0.39 is 28.5 Å². The predicted octanol–water partition coefficient (Wildman–Crippen LogP) is 5.86. The van der Waals surface area contributed by atoms with Crippen LogP contribution >= 0.6 is 11.6 Å². The van der Waals surface area contributed by atoms with Crippen LogP contribution in [0, 0.1) is 0 Å². The first-order valence-corrected chi connectivity index (χ1v) is 17.4. The maximum Gasteiger partial charge on any atom is 0.264 e.